The van der Waals surface area contributed by atoms with Crippen LogP contribution in [0.1, 0.15) is 37.6 Å². The lowest BCUT2D eigenvalue weighted by Gasteiger charge is -2.20. The summed E-state index contributed by atoms with van der Waals surface area (Å²) >= 11 is 0. The highest BCUT2D eigenvalue weighted by atomic mass is 19.1. The van der Waals surface area contributed by atoms with E-state index in [1.165, 1.54) is 0 Å². The minimum Gasteiger partial charge on any atom is -0.478 e. The van der Waals surface area contributed by atoms with E-state index >= 15 is 0 Å². The number of anilines is 1. The zero-order valence-electron chi connectivity index (χ0n) is 11.8. The summed E-state index contributed by atoms with van der Waals surface area (Å²) in [6.45, 7) is 6.37. The number of halogens is 1. The van der Waals surface area contributed by atoms with Gasteiger partial charge in [0.2, 0.25) is 5.91 Å². The minimum atomic E-state index is -1.17. The lowest BCUT2D eigenvalue weighted by Crippen LogP contribution is -2.37. The second kappa shape index (κ2) is 6.47. The van der Waals surface area contributed by atoms with Gasteiger partial charge in [0.15, 0.2) is 0 Å². The molecule has 0 atom stereocenters. The molecule has 5 nitrogen and oxygen atoms in total. The van der Waals surface area contributed by atoms with E-state index in [4.69, 9.17) is 5.11 Å². The number of carboxylic acids is 1. The van der Waals surface area contributed by atoms with Gasteiger partial charge in [0.25, 0.3) is 0 Å². The third kappa shape index (κ3) is 5.36. The van der Waals surface area contributed by atoms with E-state index in [1.54, 1.807) is 0 Å². The van der Waals surface area contributed by atoms with Crippen molar-refractivity contribution in [2.75, 3.05) is 11.9 Å². The first-order valence-electron chi connectivity index (χ1n) is 6.27. The van der Waals surface area contributed by atoms with Crippen LogP contribution in [0.3, 0.4) is 0 Å². The van der Waals surface area contributed by atoms with Gasteiger partial charge in [-0.3, -0.25) is 4.79 Å². The first-order valence-corrected chi connectivity index (χ1v) is 6.27. The number of amides is 1. The monoisotopic (exact) mass is 282 g/mol. The summed E-state index contributed by atoms with van der Waals surface area (Å²) in [4.78, 5) is 22.5. The predicted octanol–water partition coefficient (Wildman–Crippen LogP) is 2.24. The molecule has 110 valence electrons. The fourth-order valence-electron chi connectivity index (χ4n) is 1.52. The molecule has 3 N–H and O–H groups in total. The number of carbonyl (C=O) groups is 2. The normalized spacial score (nSPS) is 11.2. The van der Waals surface area contributed by atoms with Crippen molar-refractivity contribution < 1.29 is 19.1 Å². The van der Waals surface area contributed by atoms with Crippen LogP contribution in [0.5, 0.6) is 0 Å². The zero-order valence-corrected chi connectivity index (χ0v) is 11.8. The molecular weight excluding hydrogens is 263 g/mol. The third-order valence-electron chi connectivity index (χ3n) is 2.49. The lowest BCUT2D eigenvalue weighted by molar-refractivity contribution is -0.116. The standard InChI is InChI=1S/C14H19FN2O3/c1-14(2,3)16-7-6-12(18)17-11-8-9(13(19)20)4-5-10(11)15/h4-5,8,16H,6-7H2,1-3H3,(H,17,18)(H,19,20). The Kier molecular flexibility index (Phi) is 5.21. The quantitative estimate of drug-likeness (QED) is 0.774. The molecule has 1 amide bonds. The van der Waals surface area contributed by atoms with Crippen molar-refractivity contribution in [3.8, 4) is 0 Å². The largest absolute Gasteiger partial charge is 0.478 e. The fraction of sp³-hybridized carbons (Fsp3) is 0.429. The van der Waals surface area contributed by atoms with Gasteiger partial charge in [0.05, 0.1) is 11.3 Å². The van der Waals surface area contributed by atoms with Crippen LogP contribution in [0.25, 0.3) is 0 Å². The molecule has 0 aliphatic carbocycles. The number of carboxylic acid groups (broad SMARTS) is 1. The number of carbonyl (C=O) groups excluding carboxylic acids is 1. The van der Waals surface area contributed by atoms with Crippen molar-refractivity contribution in [1.82, 2.24) is 5.32 Å². The van der Waals surface area contributed by atoms with Crippen molar-refractivity contribution in [2.45, 2.75) is 32.7 Å². The summed E-state index contributed by atoms with van der Waals surface area (Å²) < 4.78 is 13.5. The number of hydrogen-bond donors (Lipinski definition) is 3. The molecule has 1 rings (SSSR count). The van der Waals surface area contributed by atoms with E-state index in [-0.39, 0.29) is 29.1 Å². The molecule has 0 spiro atoms. The molecule has 0 radical (unpaired) electrons. The minimum absolute atomic E-state index is 0.0745. The average Bonchev–Trinajstić information content (AvgIpc) is 2.30. The Morgan fingerprint density at radius 2 is 1.95 bits per heavy atom. The van der Waals surface area contributed by atoms with Crippen LogP contribution in [0.4, 0.5) is 10.1 Å². The Labute approximate surface area is 117 Å². The molecule has 20 heavy (non-hydrogen) atoms. The van der Waals surface area contributed by atoms with E-state index in [2.05, 4.69) is 10.6 Å². The first kappa shape index (κ1) is 16.1. The van der Waals surface area contributed by atoms with Crippen LogP contribution in [0.2, 0.25) is 0 Å². The van der Waals surface area contributed by atoms with Crippen LogP contribution in [0, 0.1) is 5.82 Å². The number of nitrogens with one attached hydrogen (secondary N) is 2. The van der Waals surface area contributed by atoms with Crippen molar-refractivity contribution in [3.63, 3.8) is 0 Å². The van der Waals surface area contributed by atoms with E-state index in [0.717, 1.165) is 18.2 Å². The first-order chi connectivity index (χ1) is 9.19. The molecule has 0 aliphatic heterocycles. The maximum absolute atomic E-state index is 13.5. The molecular formula is C14H19FN2O3. The molecule has 1 aromatic carbocycles. The highest BCUT2D eigenvalue weighted by molar-refractivity contribution is 5.94. The van der Waals surface area contributed by atoms with Gasteiger partial charge >= 0.3 is 5.97 Å². The molecule has 0 unspecified atom stereocenters. The predicted molar refractivity (Wildman–Crippen MR) is 74.4 cm³/mol. The summed E-state index contributed by atoms with van der Waals surface area (Å²) in [6, 6.07) is 3.27. The van der Waals surface area contributed by atoms with Crippen molar-refractivity contribution in [2.24, 2.45) is 0 Å². The molecule has 0 bridgehead atoms. The maximum atomic E-state index is 13.5. The number of benzene rings is 1. The summed E-state index contributed by atoms with van der Waals surface area (Å²) in [5.74, 6) is -2.20. The van der Waals surface area contributed by atoms with Crippen molar-refractivity contribution in [3.05, 3.63) is 29.6 Å². The Morgan fingerprint density at radius 3 is 2.50 bits per heavy atom. The number of hydrogen-bond acceptors (Lipinski definition) is 3. The van der Waals surface area contributed by atoms with Gasteiger partial charge in [-0.2, -0.15) is 0 Å². The third-order valence-corrected chi connectivity index (χ3v) is 2.49. The van der Waals surface area contributed by atoms with E-state index < -0.39 is 11.8 Å². The van der Waals surface area contributed by atoms with Gasteiger partial charge in [-0.1, -0.05) is 0 Å². The van der Waals surface area contributed by atoms with E-state index in [0.29, 0.717) is 6.54 Å². The average molecular weight is 282 g/mol. The Balaban J connectivity index is 2.62. The van der Waals surface area contributed by atoms with Crippen molar-refractivity contribution >= 4 is 17.6 Å². The zero-order chi connectivity index (χ0) is 15.3. The van der Waals surface area contributed by atoms with E-state index in [9.17, 15) is 14.0 Å². The summed E-state index contributed by atoms with van der Waals surface area (Å²) in [6.07, 6.45) is 0.175. The Hall–Kier alpha value is -1.95. The van der Waals surface area contributed by atoms with Crippen LogP contribution in [-0.2, 0) is 4.79 Å². The summed E-state index contributed by atoms with van der Waals surface area (Å²) in [5.41, 5.74) is -0.297. The fourth-order valence-corrected chi connectivity index (χ4v) is 1.52. The van der Waals surface area contributed by atoms with E-state index in [1.807, 2.05) is 20.8 Å². The molecule has 0 fully saturated rings. The van der Waals surface area contributed by atoms with Gasteiger partial charge in [-0.15, -0.1) is 0 Å². The van der Waals surface area contributed by atoms with Crippen LogP contribution >= 0.6 is 0 Å². The molecule has 0 aromatic heterocycles. The second-order valence-electron chi connectivity index (χ2n) is 5.47. The Bertz CT molecular complexity index is 510. The SMILES string of the molecule is CC(C)(C)NCCC(=O)Nc1cc(C(=O)O)ccc1F. The smallest absolute Gasteiger partial charge is 0.335 e. The van der Waals surface area contributed by atoms with Gasteiger partial charge in [0.1, 0.15) is 5.82 Å². The summed E-state index contributed by atoms with van der Waals surface area (Å²) in [7, 11) is 0. The molecule has 0 saturated heterocycles. The van der Waals surface area contributed by atoms with Gasteiger partial charge < -0.3 is 15.7 Å². The molecule has 1 aromatic rings. The maximum Gasteiger partial charge on any atom is 0.335 e. The van der Waals surface area contributed by atoms with Crippen LogP contribution < -0.4 is 10.6 Å². The number of rotatable bonds is 5. The van der Waals surface area contributed by atoms with Crippen molar-refractivity contribution in [1.29, 1.82) is 0 Å². The van der Waals surface area contributed by atoms with Crippen LogP contribution in [0.15, 0.2) is 18.2 Å². The lowest BCUT2D eigenvalue weighted by atomic mass is 10.1. The topological polar surface area (TPSA) is 78.4 Å². The molecule has 0 heterocycles. The summed E-state index contributed by atoms with van der Waals surface area (Å²) in [5, 5.41) is 14.3. The van der Waals surface area contributed by atoms with Gasteiger partial charge in [-0.05, 0) is 39.0 Å². The highest BCUT2D eigenvalue weighted by Crippen LogP contribution is 2.16. The van der Waals surface area contributed by atoms with Gasteiger partial charge in [0, 0.05) is 18.5 Å². The molecule has 0 aliphatic rings. The molecule has 0 saturated carbocycles. The van der Waals surface area contributed by atoms with Crippen LogP contribution in [-0.4, -0.2) is 29.1 Å². The second-order valence-corrected chi connectivity index (χ2v) is 5.47. The number of aromatic carboxylic acids is 1. The Morgan fingerprint density at radius 1 is 1.30 bits per heavy atom. The highest BCUT2D eigenvalue weighted by Gasteiger charge is 2.12. The van der Waals surface area contributed by atoms with Gasteiger partial charge in [-0.25, -0.2) is 9.18 Å². The molecule has 6 heteroatoms.